The number of piperazine rings is 1. The number of likely N-dealkylation sites (tertiary alicyclic amines) is 1. The number of carbonyl (C=O) groups is 3. The second-order valence-electron chi connectivity index (χ2n) is 9.69. The second-order valence-corrected chi connectivity index (χ2v) is 9.69. The van der Waals surface area contributed by atoms with Gasteiger partial charge in [0.2, 0.25) is 5.91 Å². The van der Waals surface area contributed by atoms with Gasteiger partial charge in [0.25, 0.3) is 11.6 Å². The molecule has 1 aromatic carbocycles. The van der Waals surface area contributed by atoms with Gasteiger partial charge in [0.05, 0.1) is 17.5 Å². The number of nitro benzene ring substituents is 1. The van der Waals surface area contributed by atoms with E-state index in [0.717, 1.165) is 6.42 Å². The molecule has 2 aliphatic heterocycles. The molecule has 33 heavy (non-hydrogen) atoms. The van der Waals surface area contributed by atoms with Crippen LogP contribution in [0.1, 0.15) is 51.4 Å². The lowest BCUT2D eigenvalue weighted by Crippen LogP contribution is -2.50. The van der Waals surface area contributed by atoms with Crippen LogP contribution in [0.2, 0.25) is 0 Å². The number of rotatable bonds is 6. The Kier molecular flexibility index (Phi) is 6.80. The van der Waals surface area contributed by atoms with Gasteiger partial charge in [-0.2, -0.15) is 0 Å². The highest BCUT2D eigenvalue weighted by Gasteiger charge is 2.46. The number of benzene rings is 1. The standard InChI is InChI=1S/C22H31N5O6/c1-13(2)24-19(28)10-23-20(29)17-9-14(6-7-18(17)27(31)32)25-11-16-8-15(25)12-26(16)21(30)33-22(3,4)5/h6-7,9,13,15-16H,8,10-12H2,1-5H3,(H,23,29)(H,24,28). The number of ether oxygens (including phenoxy) is 1. The van der Waals surface area contributed by atoms with Crippen LogP contribution in [0.5, 0.6) is 0 Å². The average Bonchev–Trinajstić information content (AvgIpc) is 3.30. The normalized spacial score (nSPS) is 19.6. The molecule has 2 atom stereocenters. The summed E-state index contributed by atoms with van der Waals surface area (Å²) in [6.07, 6.45) is 0.408. The van der Waals surface area contributed by atoms with Crippen molar-refractivity contribution in [3.63, 3.8) is 0 Å². The quantitative estimate of drug-likeness (QED) is 0.489. The fourth-order valence-corrected chi connectivity index (χ4v) is 4.20. The van der Waals surface area contributed by atoms with Gasteiger partial charge in [0, 0.05) is 36.9 Å². The Hall–Kier alpha value is -3.37. The van der Waals surface area contributed by atoms with Crippen LogP contribution in [-0.4, -0.2) is 71.1 Å². The number of hydrogen-bond acceptors (Lipinski definition) is 7. The van der Waals surface area contributed by atoms with Crippen molar-refractivity contribution in [2.75, 3.05) is 24.5 Å². The third-order valence-electron chi connectivity index (χ3n) is 5.48. The fourth-order valence-electron chi connectivity index (χ4n) is 4.20. The van der Waals surface area contributed by atoms with E-state index in [9.17, 15) is 24.5 Å². The van der Waals surface area contributed by atoms with E-state index in [-0.39, 0.29) is 47.9 Å². The van der Waals surface area contributed by atoms with Crippen molar-refractivity contribution in [3.05, 3.63) is 33.9 Å². The Bertz CT molecular complexity index is 957. The maximum Gasteiger partial charge on any atom is 0.410 e. The van der Waals surface area contributed by atoms with E-state index in [1.54, 1.807) is 24.8 Å². The van der Waals surface area contributed by atoms with E-state index in [4.69, 9.17) is 4.74 Å². The Morgan fingerprint density at radius 1 is 1.21 bits per heavy atom. The van der Waals surface area contributed by atoms with Crippen LogP contribution in [0.15, 0.2) is 18.2 Å². The lowest BCUT2D eigenvalue weighted by atomic mass is 10.1. The van der Waals surface area contributed by atoms with Crippen LogP contribution in [0, 0.1) is 10.1 Å². The summed E-state index contributed by atoms with van der Waals surface area (Å²) in [6.45, 7) is 9.79. The van der Waals surface area contributed by atoms with Crippen LogP contribution in [-0.2, 0) is 9.53 Å². The van der Waals surface area contributed by atoms with E-state index in [1.165, 1.54) is 12.1 Å². The molecular formula is C22H31N5O6. The minimum absolute atomic E-state index is 0.0247. The third kappa shape index (κ3) is 5.71. The van der Waals surface area contributed by atoms with Gasteiger partial charge in [-0.3, -0.25) is 19.7 Å². The Labute approximate surface area is 192 Å². The lowest BCUT2D eigenvalue weighted by Gasteiger charge is -2.36. The first-order valence-electron chi connectivity index (χ1n) is 11.0. The third-order valence-corrected chi connectivity index (χ3v) is 5.48. The highest BCUT2D eigenvalue weighted by molar-refractivity contribution is 6.00. The topological polar surface area (TPSA) is 134 Å². The Balaban J connectivity index is 1.73. The molecule has 11 heteroatoms. The molecule has 11 nitrogen and oxygen atoms in total. The molecule has 2 N–H and O–H groups in total. The monoisotopic (exact) mass is 461 g/mol. The molecule has 0 radical (unpaired) electrons. The van der Waals surface area contributed by atoms with Crippen LogP contribution < -0.4 is 15.5 Å². The Morgan fingerprint density at radius 3 is 2.45 bits per heavy atom. The number of carbonyl (C=O) groups excluding carboxylic acids is 3. The first-order valence-corrected chi connectivity index (χ1v) is 11.0. The summed E-state index contributed by atoms with van der Waals surface area (Å²) >= 11 is 0. The summed E-state index contributed by atoms with van der Waals surface area (Å²) in [4.78, 5) is 51.6. The first-order chi connectivity index (χ1) is 15.4. The highest BCUT2D eigenvalue weighted by atomic mass is 16.6. The van der Waals surface area contributed by atoms with Crippen molar-refractivity contribution in [1.29, 1.82) is 0 Å². The molecule has 2 bridgehead atoms. The van der Waals surface area contributed by atoms with Crippen molar-refractivity contribution in [2.24, 2.45) is 0 Å². The van der Waals surface area contributed by atoms with Crippen LogP contribution in [0.25, 0.3) is 0 Å². The molecule has 2 saturated heterocycles. The molecular weight excluding hydrogens is 430 g/mol. The molecule has 2 fully saturated rings. The van der Waals surface area contributed by atoms with E-state index >= 15 is 0 Å². The summed E-state index contributed by atoms with van der Waals surface area (Å²) in [5.74, 6) is -1.07. The fraction of sp³-hybridized carbons (Fsp3) is 0.591. The minimum atomic E-state index is -0.692. The van der Waals surface area contributed by atoms with Gasteiger partial charge in [0.1, 0.15) is 11.2 Å². The number of nitrogens with one attached hydrogen (secondary N) is 2. The van der Waals surface area contributed by atoms with Crippen LogP contribution >= 0.6 is 0 Å². The first kappa shape index (κ1) is 24.3. The summed E-state index contributed by atoms with van der Waals surface area (Å²) < 4.78 is 5.49. The predicted molar refractivity (Wildman–Crippen MR) is 121 cm³/mol. The number of fused-ring (bicyclic) bond motifs is 2. The zero-order valence-electron chi connectivity index (χ0n) is 19.6. The van der Waals surface area contributed by atoms with Gasteiger partial charge in [-0.15, -0.1) is 0 Å². The predicted octanol–water partition coefficient (Wildman–Crippen LogP) is 2.05. The van der Waals surface area contributed by atoms with Crippen molar-refractivity contribution in [1.82, 2.24) is 15.5 Å². The van der Waals surface area contributed by atoms with Crippen molar-refractivity contribution in [3.8, 4) is 0 Å². The van der Waals surface area contributed by atoms with E-state index in [0.29, 0.717) is 18.8 Å². The smallest absolute Gasteiger partial charge is 0.410 e. The largest absolute Gasteiger partial charge is 0.444 e. The molecule has 2 aliphatic rings. The molecule has 0 aliphatic carbocycles. The van der Waals surface area contributed by atoms with E-state index in [2.05, 4.69) is 15.5 Å². The minimum Gasteiger partial charge on any atom is -0.444 e. The van der Waals surface area contributed by atoms with Crippen molar-refractivity contribution >= 4 is 29.3 Å². The van der Waals surface area contributed by atoms with Gasteiger partial charge in [0.15, 0.2) is 0 Å². The van der Waals surface area contributed by atoms with Gasteiger partial charge in [-0.25, -0.2) is 4.79 Å². The van der Waals surface area contributed by atoms with Gasteiger partial charge in [-0.1, -0.05) is 0 Å². The van der Waals surface area contributed by atoms with Crippen LogP contribution in [0.4, 0.5) is 16.2 Å². The molecule has 0 saturated carbocycles. The summed E-state index contributed by atoms with van der Waals surface area (Å²) in [5, 5.41) is 16.6. The summed E-state index contributed by atoms with van der Waals surface area (Å²) in [7, 11) is 0. The van der Waals surface area contributed by atoms with Gasteiger partial charge in [-0.05, 0) is 53.2 Å². The molecule has 2 heterocycles. The highest BCUT2D eigenvalue weighted by Crippen LogP contribution is 2.37. The number of amides is 3. The molecule has 0 spiro atoms. The summed E-state index contributed by atoms with van der Waals surface area (Å²) in [6, 6.07) is 4.30. The molecule has 1 aromatic rings. The van der Waals surface area contributed by atoms with Gasteiger partial charge < -0.3 is 25.2 Å². The lowest BCUT2D eigenvalue weighted by molar-refractivity contribution is -0.385. The van der Waals surface area contributed by atoms with E-state index < -0.39 is 16.4 Å². The maximum atomic E-state index is 12.7. The molecule has 180 valence electrons. The SMILES string of the molecule is CC(C)NC(=O)CNC(=O)c1cc(N2CC3CC2CN3C(=O)OC(C)(C)C)ccc1[N+](=O)[O-]. The summed E-state index contributed by atoms with van der Waals surface area (Å²) in [5.41, 5.74) is -0.360. The zero-order chi connectivity index (χ0) is 24.5. The number of hydrogen-bond donors (Lipinski definition) is 2. The molecule has 3 rings (SSSR count). The molecule has 2 unspecified atom stereocenters. The van der Waals surface area contributed by atoms with Crippen LogP contribution in [0.3, 0.4) is 0 Å². The van der Waals surface area contributed by atoms with Crippen molar-refractivity contribution < 1.29 is 24.0 Å². The van der Waals surface area contributed by atoms with E-state index in [1.807, 2.05) is 20.8 Å². The van der Waals surface area contributed by atoms with Crippen molar-refractivity contribution in [2.45, 2.75) is 64.8 Å². The number of anilines is 1. The maximum absolute atomic E-state index is 12.7. The second kappa shape index (κ2) is 9.24. The molecule has 3 amide bonds. The Morgan fingerprint density at radius 2 is 1.91 bits per heavy atom. The zero-order valence-corrected chi connectivity index (χ0v) is 19.6. The number of nitrogens with zero attached hydrogens (tertiary/aromatic N) is 3. The number of nitro groups is 1. The average molecular weight is 462 g/mol. The van der Waals surface area contributed by atoms with Gasteiger partial charge >= 0.3 is 6.09 Å². The molecule has 0 aromatic heterocycles.